The minimum Gasteiger partial charge on any atom is -0.384 e. The Balaban J connectivity index is 1.91. The molecule has 1 saturated heterocycles. The SMILES string of the molecule is CCCc1ccc(C2(C)NC(=O)N(CC(=O)c3c(N)n(C)c(=O)n(C)c3=O)C2=O)cc1. The summed E-state index contributed by atoms with van der Waals surface area (Å²) in [6.45, 7) is 2.95. The molecular weight excluding hydrogens is 402 g/mol. The van der Waals surface area contributed by atoms with Crippen molar-refractivity contribution < 1.29 is 14.4 Å². The van der Waals surface area contributed by atoms with Crippen molar-refractivity contribution in [1.82, 2.24) is 19.4 Å². The summed E-state index contributed by atoms with van der Waals surface area (Å²) < 4.78 is 1.71. The van der Waals surface area contributed by atoms with Crippen LogP contribution in [0.5, 0.6) is 0 Å². The molecule has 2 aromatic rings. The Bertz CT molecular complexity index is 1190. The number of Topliss-reactive ketones (excluding diaryl/α,β-unsaturated/α-hetero) is 1. The summed E-state index contributed by atoms with van der Waals surface area (Å²) in [6, 6.07) is 6.58. The number of aromatic nitrogens is 2. The first-order valence-corrected chi connectivity index (χ1v) is 9.85. The molecule has 3 N–H and O–H groups in total. The standard InChI is InChI=1S/C21H25N5O5/c1-5-6-12-7-9-13(10-8-12)21(2)18(29)26(19(30)23-21)11-14(27)15-16(22)24(3)20(31)25(4)17(15)28/h7-10H,5-6,11,22H2,1-4H3,(H,23,30). The molecule has 1 fully saturated rings. The molecule has 3 rings (SSSR count). The molecule has 0 radical (unpaired) electrons. The number of ketones is 1. The number of carbonyl (C=O) groups is 3. The Labute approximate surface area is 178 Å². The highest BCUT2D eigenvalue weighted by Crippen LogP contribution is 2.29. The number of rotatable bonds is 6. The van der Waals surface area contributed by atoms with Crippen LogP contribution in [0.1, 0.15) is 41.8 Å². The van der Waals surface area contributed by atoms with Gasteiger partial charge in [0.2, 0.25) is 0 Å². The number of nitrogens with two attached hydrogens (primary N) is 1. The molecule has 1 unspecified atom stereocenters. The van der Waals surface area contributed by atoms with Crippen LogP contribution < -0.4 is 22.3 Å². The van der Waals surface area contributed by atoms with Crippen LogP contribution in [0.25, 0.3) is 0 Å². The van der Waals surface area contributed by atoms with E-state index in [1.165, 1.54) is 14.1 Å². The minimum absolute atomic E-state index is 0.320. The van der Waals surface area contributed by atoms with Crippen LogP contribution in [0, 0.1) is 0 Å². The molecule has 1 aromatic carbocycles. The summed E-state index contributed by atoms with van der Waals surface area (Å²) in [5, 5.41) is 2.63. The Morgan fingerprint density at radius 1 is 1.06 bits per heavy atom. The van der Waals surface area contributed by atoms with E-state index in [9.17, 15) is 24.0 Å². The van der Waals surface area contributed by atoms with Gasteiger partial charge in [-0.2, -0.15) is 0 Å². The third-order valence-corrected chi connectivity index (χ3v) is 5.64. The summed E-state index contributed by atoms with van der Waals surface area (Å²) in [6.07, 6.45) is 1.88. The van der Waals surface area contributed by atoms with Crippen LogP contribution in [0.3, 0.4) is 0 Å². The highest BCUT2D eigenvalue weighted by Gasteiger charge is 2.49. The monoisotopic (exact) mass is 427 g/mol. The highest BCUT2D eigenvalue weighted by atomic mass is 16.2. The molecule has 0 bridgehead atoms. The first-order valence-electron chi connectivity index (χ1n) is 9.85. The molecule has 3 amide bonds. The lowest BCUT2D eigenvalue weighted by Crippen LogP contribution is -2.44. The van der Waals surface area contributed by atoms with E-state index < -0.39 is 46.6 Å². The van der Waals surface area contributed by atoms with Crippen LogP contribution >= 0.6 is 0 Å². The zero-order valence-corrected chi connectivity index (χ0v) is 17.9. The van der Waals surface area contributed by atoms with Crippen molar-refractivity contribution in [2.75, 3.05) is 12.3 Å². The van der Waals surface area contributed by atoms with Crippen LogP contribution in [0.4, 0.5) is 10.6 Å². The van der Waals surface area contributed by atoms with Crippen LogP contribution in [0.15, 0.2) is 33.9 Å². The third-order valence-electron chi connectivity index (χ3n) is 5.64. The summed E-state index contributed by atoms with van der Waals surface area (Å²) in [4.78, 5) is 63.6. The van der Waals surface area contributed by atoms with Gasteiger partial charge in [0.25, 0.3) is 11.5 Å². The van der Waals surface area contributed by atoms with Crippen molar-refractivity contribution in [3.05, 3.63) is 61.8 Å². The summed E-state index contributed by atoms with van der Waals surface area (Å²) >= 11 is 0. The molecule has 0 saturated carbocycles. The number of amides is 3. The minimum atomic E-state index is -1.35. The van der Waals surface area contributed by atoms with Gasteiger partial charge in [-0.1, -0.05) is 37.6 Å². The largest absolute Gasteiger partial charge is 0.384 e. The summed E-state index contributed by atoms with van der Waals surface area (Å²) in [7, 11) is 2.54. The molecule has 2 heterocycles. The van der Waals surface area contributed by atoms with Gasteiger partial charge in [0.1, 0.15) is 16.9 Å². The predicted octanol–water partition coefficient (Wildman–Crippen LogP) is 0.269. The topological polar surface area (TPSA) is 136 Å². The second-order valence-corrected chi connectivity index (χ2v) is 7.78. The quantitative estimate of drug-likeness (QED) is 0.502. The number of nitrogen functional groups attached to an aromatic ring is 1. The van der Waals surface area contributed by atoms with Gasteiger partial charge in [-0.3, -0.25) is 28.4 Å². The number of aryl methyl sites for hydroxylation is 1. The van der Waals surface area contributed by atoms with Gasteiger partial charge in [0, 0.05) is 14.1 Å². The average Bonchev–Trinajstić information content (AvgIpc) is 2.95. The van der Waals surface area contributed by atoms with Gasteiger partial charge in [0.15, 0.2) is 5.78 Å². The smallest absolute Gasteiger partial charge is 0.332 e. The second kappa shape index (κ2) is 7.86. The van der Waals surface area contributed by atoms with Crippen molar-refractivity contribution in [3.63, 3.8) is 0 Å². The Hall–Kier alpha value is -3.69. The molecule has 10 heteroatoms. The molecule has 10 nitrogen and oxygen atoms in total. The van der Waals surface area contributed by atoms with Crippen molar-refractivity contribution >= 4 is 23.5 Å². The van der Waals surface area contributed by atoms with Gasteiger partial charge in [-0.05, 0) is 24.5 Å². The zero-order valence-electron chi connectivity index (χ0n) is 17.9. The third kappa shape index (κ3) is 3.54. The number of benzene rings is 1. The van der Waals surface area contributed by atoms with Crippen molar-refractivity contribution in [2.45, 2.75) is 32.2 Å². The van der Waals surface area contributed by atoms with E-state index in [0.29, 0.717) is 5.56 Å². The molecule has 0 spiro atoms. The lowest BCUT2D eigenvalue weighted by Gasteiger charge is -2.22. The molecule has 1 aliphatic rings. The number of nitrogens with zero attached hydrogens (tertiary/aromatic N) is 3. The average molecular weight is 427 g/mol. The van der Waals surface area contributed by atoms with Gasteiger partial charge < -0.3 is 11.1 Å². The number of urea groups is 1. The first-order chi connectivity index (χ1) is 14.5. The van der Waals surface area contributed by atoms with E-state index in [2.05, 4.69) is 12.2 Å². The normalized spacial score (nSPS) is 18.4. The van der Waals surface area contributed by atoms with Crippen molar-refractivity contribution in [3.8, 4) is 0 Å². The van der Waals surface area contributed by atoms with Crippen LogP contribution in [0.2, 0.25) is 0 Å². The fourth-order valence-electron chi connectivity index (χ4n) is 3.67. The second-order valence-electron chi connectivity index (χ2n) is 7.78. The number of imide groups is 1. The molecule has 164 valence electrons. The van der Waals surface area contributed by atoms with Gasteiger partial charge in [0.05, 0.1) is 6.54 Å². The highest BCUT2D eigenvalue weighted by molar-refractivity contribution is 6.12. The number of nitrogens with one attached hydrogen (secondary N) is 1. The van der Waals surface area contributed by atoms with E-state index in [-0.39, 0.29) is 5.82 Å². The lowest BCUT2D eigenvalue weighted by molar-refractivity contribution is -0.130. The van der Waals surface area contributed by atoms with Gasteiger partial charge >= 0.3 is 11.7 Å². The van der Waals surface area contributed by atoms with Crippen molar-refractivity contribution in [1.29, 1.82) is 0 Å². The Kier molecular flexibility index (Phi) is 5.58. The van der Waals surface area contributed by atoms with Crippen molar-refractivity contribution in [2.24, 2.45) is 14.1 Å². The molecule has 1 aliphatic heterocycles. The molecule has 0 aliphatic carbocycles. The van der Waals surface area contributed by atoms with E-state index in [1.54, 1.807) is 19.1 Å². The van der Waals surface area contributed by atoms with Crippen LogP contribution in [-0.2, 0) is 30.8 Å². The fourth-order valence-corrected chi connectivity index (χ4v) is 3.67. The van der Waals surface area contributed by atoms with Gasteiger partial charge in [-0.15, -0.1) is 0 Å². The maximum Gasteiger partial charge on any atom is 0.332 e. The predicted molar refractivity (Wildman–Crippen MR) is 114 cm³/mol. The number of carbonyl (C=O) groups excluding carboxylic acids is 3. The molecule has 31 heavy (non-hydrogen) atoms. The maximum absolute atomic E-state index is 13.1. The lowest BCUT2D eigenvalue weighted by atomic mass is 9.91. The molecule has 1 aromatic heterocycles. The van der Waals surface area contributed by atoms with E-state index in [0.717, 1.165) is 32.4 Å². The van der Waals surface area contributed by atoms with E-state index in [1.807, 2.05) is 12.1 Å². The van der Waals surface area contributed by atoms with E-state index >= 15 is 0 Å². The summed E-state index contributed by atoms with van der Waals surface area (Å²) in [5.74, 6) is -1.77. The molecular formula is C21H25N5O5. The number of hydrogen-bond acceptors (Lipinski definition) is 6. The number of anilines is 1. The Morgan fingerprint density at radius 3 is 2.26 bits per heavy atom. The van der Waals surface area contributed by atoms with Crippen LogP contribution in [-0.4, -0.2) is 38.3 Å². The van der Waals surface area contributed by atoms with Gasteiger partial charge in [-0.25, -0.2) is 9.59 Å². The summed E-state index contributed by atoms with van der Waals surface area (Å²) in [5.41, 5.74) is 4.14. The number of hydrogen-bond donors (Lipinski definition) is 2. The maximum atomic E-state index is 13.1. The van der Waals surface area contributed by atoms with E-state index in [4.69, 9.17) is 5.73 Å². The fraction of sp³-hybridized carbons (Fsp3) is 0.381. The Morgan fingerprint density at radius 2 is 1.68 bits per heavy atom. The zero-order chi connectivity index (χ0) is 23.1. The first kappa shape index (κ1) is 22.0. The molecule has 1 atom stereocenters.